The van der Waals surface area contributed by atoms with Gasteiger partial charge in [-0.15, -0.1) is 0 Å². The van der Waals surface area contributed by atoms with Crippen LogP contribution in [0.15, 0.2) is 23.1 Å². The average Bonchev–Trinajstić information content (AvgIpc) is 2.90. The number of hydrogen-bond donors (Lipinski definition) is 2. The summed E-state index contributed by atoms with van der Waals surface area (Å²) in [6.45, 7) is 4.75. The minimum absolute atomic E-state index is 0.0428. The van der Waals surface area contributed by atoms with Crippen LogP contribution in [0.2, 0.25) is 0 Å². The Kier molecular flexibility index (Phi) is 3.30. The monoisotopic (exact) mass is 325 g/mol. The first-order valence-corrected chi connectivity index (χ1v) is 7.95. The fraction of sp³-hybridized carbons (Fsp3) is 0.353. The van der Waals surface area contributed by atoms with Gasteiger partial charge in [-0.3, -0.25) is 14.5 Å². The minimum atomic E-state index is -0.191. The van der Waals surface area contributed by atoms with E-state index in [1.165, 1.54) is 11.8 Å². The van der Waals surface area contributed by atoms with E-state index in [9.17, 15) is 4.79 Å². The van der Waals surface area contributed by atoms with Gasteiger partial charge in [-0.05, 0) is 19.4 Å². The van der Waals surface area contributed by atoms with Gasteiger partial charge < -0.3 is 10.1 Å². The van der Waals surface area contributed by atoms with E-state index >= 15 is 0 Å². The van der Waals surface area contributed by atoms with Crippen LogP contribution in [0.5, 0.6) is 5.75 Å². The van der Waals surface area contributed by atoms with Gasteiger partial charge in [0.25, 0.3) is 5.56 Å². The smallest absolute Gasteiger partial charge is 0.263 e. The lowest BCUT2D eigenvalue weighted by Gasteiger charge is -2.28. The number of aromatic amines is 1. The summed E-state index contributed by atoms with van der Waals surface area (Å²) in [5.74, 6) is 1.38. The van der Waals surface area contributed by atoms with Gasteiger partial charge in [-0.1, -0.05) is 17.7 Å². The highest BCUT2D eigenvalue weighted by atomic mass is 16.5. The largest absolute Gasteiger partial charge is 0.493 e. The van der Waals surface area contributed by atoms with Crippen LogP contribution < -0.4 is 15.6 Å². The van der Waals surface area contributed by atoms with Gasteiger partial charge in [0.05, 0.1) is 18.8 Å². The lowest BCUT2D eigenvalue weighted by atomic mass is 9.96. The van der Waals surface area contributed by atoms with Crippen molar-refractivity contribution < 1.29 is 4.74 Å². The Bertz CT molecular complexity index is 989. The molecule has 1 aliphatic heterocycles. The van der Waals surface area contributed by atoms with E-state index in [1.54, 1.807) is 11.7 Å². The number of nitrogens with zero attached hydrogens (tertiary/aromatic N) is 3. The maximum atomic E-state index is 12.2. The number of hydrogen-bond acceptors (Lipinski definition) is 5. The molecule has 1 atom stereocenters. The summed E-state index contributed by atoms with van der Waals surface area (Å²) in [5.41, 5.74) is 3.79. The van der Waals surface area contributed by atoms with Crippen LogP contribution in [0.3, 0.4) is 0 Å². The molecule has 0 aliphatic carbocycles. The maximum Gasteiger partial charge on any atom is 0.263 e. The summed E-state index contributed by atoms with van der Waals surface area (Å²) in [5, 5.41) is 7.93. The number of aromatic nitrogens is 4. The lowest BCUT2D eigenvalue weighted by molar-refractivity contribution is 0.272. The molecule has 0 bridgehead atoms. The first-order valence-electron chi connectivity index (χ1n) is 7.95. The average molecular weight is 325 g/mol. The second-order valence-corrected chi connectivity index (χ2v) is 6.25. The molecule has 124 valence electrons. The molecule has 2 N–H and O–H groups in total. The van der Waals surface area contributed by atoms with Gasteiger partial charge >= 0.3 is 0 Å². The van der Waals surface area contributed by atoms with Crippen molar-refractivity contribution in [1.29, 1.82) is 0 Å². The molecular formula is C17H19N5O2. The molecule has 7 heteroatoms. The number of H-pyrrole nitrogens is 1. The van der Waals surface area contributed by atoms with Gasteiger partial charge in [-0.25, -0.2) is 0 Å². The summed E-state index contributed by atoms with van der Waals surface area (Å²) >= 11 is 0. The van der Waals surface area contributed by atoms with Crippen LogP contribution >= 0.6 is 0 Å². The molecule has 2 aromatic heterocycles. The van der Waals surface area contributed by atoms with Crippen molar-refractivity contribution in [1.82, 2.24) is 19.7 Å². The Labute approximate surface area is 138 Å². The molecule has 0 saturated heterocycles. The molecule has 0 fully saturated rings. The maximum absolute atomic E-state index is 12.2. The molecule has 7 nitrogen and oxygen atoms in total. The van der Waals surface area contributed by atoms with Gasteiger partial charge in [0.2, 0.25) is 5.95 Å². The number of nitrogens with one attached hydrogen (secondary N) is 2. The van der Waals surface area contributed by atoms with E-state index in [0.717, 1.165) is 23.3 Å². The molecule has 1 aromatic carbocycles. The molecule has 0 radical (unpaired) electrons. The third kappa shape index (κ3) is 2.33. The number of benzene rings is 1. The van der Waals surface area contributed by atoms with Crippen molar-refractivity contribution in [2.75, 3.05) is 11.9 Å². The lowest BCUT2D eigenvalue weighted by Crippen LogP contribution is -2.23. The molecule has 3 aromatic rings. The van der Waals surface area contributed by atoms with Crippen LogP contribution in [0, 0.1) is 13.8 Å². The zero-order valence-electron chi connectivity index (χ0n) is 13.9. The first kappa shape index (κ1) is 14.7. The molecule has 1 unspecified atom stereocenters. The normalized spacial score (nSPS) is 16.7. The van der Waals surface area contributed by atoms with E-state index in [4.69, 9.17) is 4.74 Å². The SMILES string of the molecule is Cc1cc(C)c2c(c1)C(Nc1nc3c(cnn3C)c(=O)[nH]1)CCO2. The summed E-state index contributed by atoms with van der Waals surface area (Å²) in [6.07, 6.45) is 2.34. The van der Waals surface area contributed by atoms with Crippen LogP contribution in [-0.4, -0.2) is 26.4 Å². The van der Waals surface area contributed by atoms with Crippen LogP contribution in [0.4, 0.5) is 5.95 Å². The number of ether oxygens (including phenoxy) is 1. The van der Waals surface area contributed by atoms with E-state index in [0.29, 0.717) is 23.6 Å². The Balaban J connectivity index is 1.75. The molecule has 0 spiro atoms. The van der Waals surface area contributed by atoms with Crippen molar-refractivity contribution in [3.8, 4) is 5.75 Å². The Morgan fingerprint density at radius 1 is 1.38 bits per heavy atom. The highest BCUT2D eigenvalue weighted by Gasteiger charge is 2.24. The molecular weight excluding hydrogens is 306 g/mol. The van der Waals surface area contributed by atoms with Crippen LogP contribution in [0.25, 0.3) is 11.0 Å². The fourth-order valence-electron chi connectivity index (χ4n) is 3.29. The van der Waals surface area contributed by atoms with Crippen LogP contribution in [0.1, 0.15) is 29.2 Å². The molecule has 1 aliphatic rings. The Morgan fingerprint density at radius 2 is 2.21 bits per heavy atom. The second kappa shape index (κ2) is 5.36. The number of fused-ring (bicyclic) bond motifs is 2. The summed E-state index contributed by atoms with van der Waals surface area (Å²) < 4.78 is 7.43. The Hall–Kier alpha value is -2.83. The first-order chi connectivity index (χ1) is 11.5. The van der Waals surface area contributed by atoms with Gasteiger partial charge in [-0.2, -0.15) is 10.1 Å². The zero-order chi connectivity index (χ0) is 16.8. The van der Waals surface area contributed by atoms with Crippen molar-refractivity contribution >= 4 is 17.0 Å². The molecule has 24 heavy (non-hydrogen) atoms. The standard InChI is InChI=1S/C17H19N5O2/c1-9-6-10(2)14-11(7-9)13(4-5-24-14)19-17-20-15-12(16(23)21-17)8-18-22(15)3/h6-8,13H,4-5H2,1-3H3,(H2,19,20,21,23). The second-order valence-electron chi connectivity index (χ2n) is 6.25. The van der Waals surface area contributed by atoms with E-state index in [-0.39, 0.29) is 11.6 Å². The minimum Gasteiger partial charge on any atom is -0.493 e. The van der Waals surface area contributed by atoms with Gasteiger partial charge in [0.1, 0.15) is 11.1 Å². The van der Waals surface area contributed by atoms with Crippen molar-refractivity contribution in [3.05, 3.63) is 45.4 Å². The zero-order valence-corrected chi connectivity index (χ0v) is 13.9. The van der Waals surface area contributed by atoms with Gasteiger partial charge in [0, 0.05) is 19.0 Å². The van der Waals surface area contributed by atoms with Crippen molar-refractivity contribution in [3.63, 3.8) is 0 Å². The number of rotatable bonds is 2. The molecule has 0 amide bonds. The fourth-order valence-corrected chi connectivity index (χ4v) is 3.29. The molecule has 0 saturated carbocycles. The quantitative estimate of drug-likeness (QED) is 0.754. The third-order valence-electron chi connectivity index (χ3n) is 4.39. The highest BCUT2D eigenvalue weighted by molar-refractivity contribution is 5.74. The topological polar surface area (TPSA) is 84.8 Å². The highest BCUT2D eigenvalue weighted by Crippen LogP contribution is 2.37. The Morgan fingerprint density at radius 3 is 3.04 bits per heavy atom. The van der Waals surface area contributed by atoms with Crippen molar-refractivity contribution in [2.24, 2.45) is 7.05 Å². The van der Waals surface area contributed by atoms with Crippen LogP contribution in [-0.2, 0) is 7.05 Å². The summed E-state index contributed by atoms with van der Waals surface area (Å²) in [7, 11) is 1.77. The van der Waals surface area contributed by atoms with E-state index in [1.807, 2.05) is 0 Å². The summed E-state index contributed by atoms with van der Waals surface area (Å²) in [4.78, 5) is 19.5. The predicted molar refractivity (Wildman–Crippen MR) is 91.5 cm³/mol. The van der Waals surface area contributed by atoms with E-state index < -0.39 is 0 Å². The number of aryl methyl sites for hydroxylation is 3. The number of anilines is 1. The molecule has 4 rings (SSSR count). The third-order valence-corrected chi connectivity index (χ3v) is 4.39. The van der Waals surface area contributed by atoms with Gasteiger partial charge in [0.15, 0.2) is 5.65 Å². The molecule has 3 heterocycles. The summed E-state index contributed by atoms with van der Waals surface area (Å²) in [6, 6.07) is 4.28. The predicted octanol–water partition coefficient (Wildman–Crippen LogP) is 2.21. The van der Waals surface area contributed by atoms with E-state index in [2.05, 4.69) is 46.4 Å². The van der Waals surface area contributed by atoms with Crippen molar-refractivity contribution in [2.45, 2.75) is 26.3 Å².